The Morgan fingerprint density at radius 2 is 1.10 bits per heavy atom. The number of pyridine rings is 1. The third-order valence-electron chi connectivity index (χ3n) is 9.11. The fraction of sp³-hybridized carbons (Fsp3) is 0.0278. The van der Waals surface area contributed by atoms with Crippen LogP contribution in [0.15, 0.2) is 112 Å². The van der Waals surface area contributed by atoms with Crippen LogP contribution in [-0.2, 0) is 5.41 Å². The molecule has 0 fully saturated rings. The zero-order valence-corrected chi connectivity index (χ0v) is 22.8. The normalized spacial score (nSPS) is 14.3. The van der Waals surface area contributed by atoms with Crippen LogP contribution in [0, 0.1) is 0 Å². The zero-order valence-electron chi connectivity index (χ0n) is 21.3. The molecule has 5 heteroatoms. The van der Waals surface area contributed by atoms with Gasteiger partial charge in [0.2, 0.25) is 0 Å². The minimum Gasteiger partial charge on any atom is -0.454 e. The van der Waals surface area contributed by atoms with Crippen molar-refractivity contribution in [2.75, 3.05) is 0 Å². The highest BCUT2D eigenvalue weighted by atomic mass is 35.5. The highest BCUT2D eigenvalue weighted by Crippen LogP contribution is 2.66. The van der Waals surface area contributed by atoms with E-state index >= 15 is 0 Å². The van der Waals surface area contributed by atoms with Crippen molar-refractivity contribution in [1.82, 2.24) is 4.98 Å². The van der Waals surface area contributed by atoms with Crippen molar-refractivity contribution < 1.29 is 8.83 Å². The molecule has 0 amide bonds. The Bertz CT molecular complexity index is 2290. The van der Waals surface area contributed by atoms with E-state index < -0.39 is 5.41 Å². The lowest BCUT2D eigenvalue weighted by atomic mass is 9.70. The number of furan rings is 2. The van der Waals surface area contributed by atoms with Crippen molar-refractivity contribution in [2.24, 2.45) is 0 Å². The summed E-state index contributed by atoms with van der Waals surface area (Å²) in [6.45, 7) is 0. The quantitative estimate of drug-likeness (QED) is 0.183. The standard InChI is InChI=1S/C36H17Cl2NO2/c37-26-15-24-32(30-19-8-2-5-11-28(19)40-34(26)30)33-25(16-27(38)35-31(33)20-9-3-6-12-29(20)41-35)36(24)22-10-4-1-7-18(22)21-17-39-14-13-23(21)36/h1-17H. The van der Waals surface area contributed by atoms with Gasteiger partial charge in [0.1, 0.15) is 11.2 Å². The second-order valence-electron chi connectivity index (χ2n) is 10.9. The van der Waals surface area contributed by atoms with E-state index in [1.807, 2.05) is 48.8 Å². The van der Waals surface area contributed by atoms with Crippen LogP contribution in [0.2, 0.25) is 10.0 Å². The van der Waals surface area contributed by atoms with Gasteiger partial charge in [-0.1, -0.05) is 83.9 Å². The molecule has 2 aliphatic rings. The van der Waals surface area contributed by atoms with Gasteiger partial charge in [0, 0.05) is 39.5 Å². The molecule has 3 aromatic heterocycles. The molecule has 0 atom stereocenters. The molecule has 5 aromatic carbocycles. The average Bonchev–Trinajstić information content (AvgIpc) is 3.73. The fourth-order valence-corrected chi connectivity index (χ4v) is 8.17. The summed E-state index contributed by atoms with van der Waals surface area (Å²) in [6.07, 6.45) is 3.85. The molecular formula is C36H17Cl2NO2. The number of halogens is 2. The van der Waals surface area contributed by atoms with Crippen LogP contribution < -0.4 is 0 Å². The molecule has 0 radical (unpaired) electrons. The van der Waals surface area contributed by atoms with Crippen LogP contribution >= 0.6 is 23.2 Å². The summed E-state index contributed by atoms with van der Waals surface area (Å²) in [5.41, 5.74) is 11.4. The molecule has 3 nitrogen and oxygen atoms in total. The zero-order chi connectivity index (χ0) is 27.0. The first-order valence-electron chi connectivity index (χ1n) is 13.5. The Morgan fingerprint density at radius 3 is 1.73 bits per heavy atom. The van der Waals surface area contributed by atoms with Crippen LogP contribution in [-0.4, -0.2) is 4.98 Å². The number of fused-ring (bicyclic) bond motifs is 18. The van der Waals surface area contributed by atoms with Gasteiger partial charge in [-0.2, -0.15) is 0 Å². The van der Waals surface area contributed by atoms with Crippen LogP contribution in [0.25, 0.3) is 66.1 Å². The van der Waals surface area contributed by atoms with Gasteiger partial charge in [-0.3, -0.25) is 4.98 Å². The Balaban J connectivity index is 1.55. The molecule has 1 spiro atoms. The summed E-state index contributed by atoms with van der Waals surface area (Å²) < 4.78 is 12.9. The predicted molar refractivity (Wildman–Crippen MR) is 165 cm³/mol. The van der Waals surface area contributed by atoms with Crippen molar-refractivity contribution in [3.05, 3.63) is 136 Å². The monoisotopic (exact) mass is 565 g/mol. The van der Waals surface area contributed by atoms with Crippen molar-refractivity contribution >= 4 is 67.1 Å². The van der Waals surface area contributed by atoms with Crippen LogP contribution in [0.1, 0.15) is 22.3 Å². The number of hydrogen-bond acceptors (Lipinski definition) is 3. The predicted octanol–water partition coefficient (Wildman–Crippen LogP) is 10.5. The van der Waals surface area contributed by atoms with Crippen LogP contribution in [0.5, 0.6) is 0 Å². The topological polar surface area (TPSA) is 39.2 Å². The lowest BCUT2D eigenvalue weighted by Gasteiger charge is -2.30. The van der Waals surface area contributed by atoms with E-state index in [0.717, 1.165) is 66.1 Å². The highest BCUT2D eigenvalue weighted by Gasteiger charge is 2.53. The number of benzene rings is 5. The fourth-order valence-electron chi connectivity index (χ4n) is 7.68. The number of rotatable bonds is 0. The summed E-state index contributed by atoms with van der Waals surface area (Å²) in [7, 11) is 0. The van der Waals surface area contributed by atoms with Gasteiger partial charge >= 0.3 is 0 Å². The highest BCUT2D eigenvalue weighted by molar-refractivity contribution is 6.40. The summed E-state index contributed by atoms with van der Waals surface area (Å²) in [5.74, 6) is 0. The lowest BCUT2D eigenvalue weighted by molar-refractivity contribution is 0.668. The van der Waals surface area contributed by atoms with Gasteiger partial charge in [0.15, 0.2) is 11.2 Å². The number of para-hydroxylation sites is 2. The molecule has 2 aliphatic carbocycles. The van der Waals surface area contributed by atoms with Crippen molar-refractivity contribution in [3.63, 3.8) is 0 Å². The summed E-state index contributed by atoms with van der Waals surface area (Å²) >= 11 is 14.3. The van der Waals surface area contributed by atoms with Gasteiger partial charge in [-0.05, 0) is 69.3 Å². The molecule has 0 bridgehead atoms. The minimum atomic E-state index is -0.647. The molecule has 3 heterocycles. The SMILES string of the molecule is Clc1cc2c(c3c1oc1ccccc13)-c1c(cc(Cl)c3oc4ccccc4c13)C21c2ccccc2-c2cnccc21. The smallest absolute Gasteiger partial charge is 0.154 e. The first-order valence-corrected chi connectivity index (χ1v) is 14.3. The van der Waals surface area contributed by atoms with E-state index in [2.05, 4.69) is 59.6 Å². The Morgan fingerprint density at radius 1 is 0.561 bits per heavy atom. The first-order chi connectivity index (χ1) is 20.2. The minimum absolute atomic E-state index is 0.585. The molecule has 0 saturated heterocycles. The van der Waals surface area contributed by atoms with Gasteiger partial charge < -0.3 is 8.83 Å². The van der Waals surface area contributed by atoms with Crippen molar-refractivity contribution in [3.8, 4) is 22.3 Å². The molecule has 8 aromatic rings. The van der Waals surface area contributed by atoms with E-state index in [9.17, 15) is 0 Å². The number of nitrogens with zero attached hydrogens (tertiary/aromatic N) is 1. The number of aromatic nitrogens is 1. The van der Waals surface area contributed by atoms with E-state index in [0.29, 0.717) is 21.2 Å². The Labute approximate surface area is 243 Å². The number of hydrogen-bond donors (Lipinski definition) is 0. The lowest BCUT2D eigenvalue weighted by Crippen LogP contribution is -2.26. The molecule has 192 valence electrons. The van der Waals surface area contributed by atoms with Gasteiger partial charge in [0.05, 0.1) is 15.5 Å². The average molecular weight is 566 g/mol. The molecule has 0 unspecified atom stereocenters. The van der Waals surface area contributed by atoms with Crippen LogP contribution in [0.4, 0.5) is 0 Å². The second-order valence-corrected chi connectivity index (χ2v) is 11.7. The third-order valence-corrected chi connectivity index (χ3v) is 9.67. The molecule has 0 N–H and O–H groups in total. The molecule has 10 rings (SSSR count). The van der Waals surface area contributed by atoms with Gasteiger partial charge in [0.25, 0.3) is 0 Å². The van der Waals surface area contributed by atoms with Crippen LogP contribution in [0.3, 0.4) is 0 Å². The molecule has 0 saturated carbocycles. The maximum atomic E-state index is 7.14. The summed E-state index contributed by atoms with van der Waals surface area (Å²) in [5, 5.41) is 5.25. The maximum Gasteiger partial charge on any atom is 0.154 e. The van der Waals surface area contributed by atoms with Crippen molar-refractivity contribution in [1.29, 1.82) is 0 Å². The first kappa shape index (κ1) is 22.2. The van der Waals surface area contributed by atoms with E-state index in [1.54, 1.807) is 0 Å². The molecular weight excluding hydrogens is 549 g/mol. The Hall–Kier alpha value is -4.57. The van der Waals surface area contributed by atoms with E-state index in [4.69, 9.17) is 32.0 Å². The van der Waals surface area contributed by atoms with E-state index in [1.165, 1.54) is 11.1 Å². The van der Waals surface area contributed by atoms with Gasteiger partial charge in [-0.15, -0.1) is 0 Å². The molecule has 0 aliphatic heterocycles. The largest absolute Gasteiger partial charge is 0.454 e. The van der Waals surface area contributed by atoms with E-state index in [-0.39, 0.29) is 0 Å². The van der Waals surface area contributed by atoms with Crippen molar-refractivity contribution in [2.45, 2.75) is 5.41 Å². The maximum absolute atomic E-state index is 7.14. The second kappa shape index (κ2) is 7.38. The third kappa shape index (κ3) is 2.44. The molecule has 41 heavy (non-hydrogen) atoms. The Kier molecular flexibility index (Phi) is 3.99. The summed E-state index contributed by atoms with van der Waals surface area (Å²) in [4.78, 5) is 4.54. The van der Waals surface area contributed by atoms with Gasteiger partial charge in [-0.25, -0.2) is 0 Å². The summed E-state index contributed by atoms with van der Waals surface area (Å²) in [6, 6.07) is 31.3.